The normalized spacial score (nSPS) is 15.8. The third-order valence-corrected chi connectivity index (χ3v) is 4.83. The maximum absolute atomic E-state index is 5.29. The average Bonchev–Trinajstić information content (AvgIpc) is 2.89. The van der Waals surface area contributed by atoms with Gasteiger partial charge in [-0.1, -0.05) is 30.3 Å². The zero-order chi connectivity index (χ0) is 14.8. The molecule has 0 saturated heterocycles. The largest absolute Gasteiger partial charge is 0.496 e. The van der Waals surface area contributed by atoms with Crippen LogP contribution in [0.1, 0.15) is 29.7 Å². The van der Waals surface area contributed by atoms with Crippen LogP contribution in [0.15, 0.2) is 46.9 Å². The highest BCUT2D eigenvalue weighted by molar-refractivity contribution is 9.10. The molecule has 1 unspecified atom stereocenters. The lowest BCUT2D eigenvalue weighted by Gasteiger charge is -2.20. The summed E-state index contributed by atoms with van der Waals surface area (Å²) in [5.74, 6) is 0.874. The first-order valence-corrected chi connectivity index (χ1v) is 8.13. The number of benzene rings is 2. The summed E-state index contributed by atoms with van der Waals surface area (Å²) >= 11 is 3.56. The number of fused-ring (bicyclic) bond motifs is 1. The predicted octanol–water partition coefficient (Wildman–Crippen LogP) is 4.28. The molecular weight excluding hydrogens is 326 g/mol. The van der Waals surface area contributed by atoms with Crippen LogP contribution in [0.5, 0.6) is 5.75 Å². The molecule has 0 spiro atoms. The Labute approximate surface area is 134 Å². The Balaban J connectivity index is 1.68. The zero-order valence-corrected chi connectivity index (χ0v) is 14.0. The van der Waals surface area contributed by atoms with Gasteiger partial charge in [-0.05, 0) is 64.5 Å². The molecule has 2 nitrogen and oxygen atoms in total. The van der Waals surface area contributed by atoms with E-state index >= 15 is 0 Å². The van der Waals surface area contributed by atoms with E-state index in [0.717, 1.165) is 23.1 Å². The molecule has 3 rings (SSSR count). The van der Waals surface area contributed by atoms with Gasteiger partial charge in [0.2, 0.25) is 0 Å². The number of hydrogen-bond donors (Lipinski definition) is 1. The highest BCUT2D eigenvalue weighted by Crippen LogP contribution is 2.29. The van der Waals surface area contributed by atoms with Crippen molar-refractivity contribution >= 4 is 15.9 Å². The van der Waals surface area contributed by atoms with E-state index in [0.29, 0.717) is 12.1 Å². The molecule has 0 radical (unpaired) electrons. The van der Waals surface area contributed by atoms with Gasteiger partial charge in [-0.25, -0.2) is 0 Å². The highest BCUT2D eigenvalue weighted by Gasteiger charge is 2.22. The molecule has 2 aromatic carbocycles. The molecule has 0 bridgehead atoms. The van der Waals surface area contributed by atoms with Crippen molar-refractivity contribution in [3.8, 4) is 5.75 Å². The Bertz CT molecular complexity index is 616. The first-order chi connectivity index (χ1) is 10.2. The van der Waals surface area contributed by atoms with Gasteiger partial charge in [-0.3, -0.25) is 0 Å². The van der Waals surface area contributed by atoms with Crippen LogP contribution in [0, 0.1) is 0 Å². The number of hydrogen-bond acceptors (Lipinski definition) is 2. The quantitative estimate of drug-likeness (QED) is 0.892. The Kier molecular flexibility index (Phi) is 4.32. The molecule has 0 fully saturated rings. The van der Waals surface area contributed by atoms with Gasteiger partial charge in [0.05, 0.1) is 11.6 Å². The van der Waals surface area contributed by atoms with E-state index in [4.69, 9.17) is 4.74 Å². The molecule has 1 atom stereocenters. The van der Waals surface area contributed by atoms with Gasteiger partial charge >= 0.3 is 0 Å². The SMILES string of the molecule is COc1ccc(C(C)NC2Cc3ccccc3C2)cc1Br. The Morgan fingerprint density at radius 3 is 2.38 bits per heavy atom. The molecule has 0 aromatic heterocycles. The Morgan fingerprint density at radius 1 is 1.14 bits per heavy atom. The number of ether oxygens (including phenoxy) is 1. The van der Waals surface area contributed by atoms with Crippen LogP contribution in [0.25, 0.3) is 0 Å². The Hall–Kier alpha value is -1.32. The minimum atomic E-state index is 0.325. The summed E-state index contributed by atoms with van der Waals surface area (Å²) in [6.07, 6.45) is 2.25. The van der Waals surface area contributed by atoms with Crippen molar-refractivity contribution in [1.29, 1.82) is 0 Å². The highest BCUT2D eigenvalue weighted by atomic mass is 79.9. The fraction of sp³-hybridized carbons (Fsp3) is 0.333. The first-order valence-electron chi connectivity index (χ1n) is 7.33. The van der Waals surface area contributed by atoms with Crippen LogP contribution in [0.2, 0.25) is 0 Å². The molecule has 110 valence electrons. The topological polar surface area (TPSA) is 21.3 Å². The second-order valence-electron chi connectivity index (χ2n) is 5.66. The van der Waals surface area contributed by atoms with Crippen molar-refractivity contribution in [2.45, 2.75) is 31.8 Å². The lowest BCUT2D eigenvalue weighted by Crippen LogP contribution is -2.32. The van der Waals surface area contributed by atoms with E-state index in [1.165, 1.54) is 16.7 Å². The van der Waals surface area contributed by atoms with Gasteiger partial charge in [0.15, 0.2) is 0 Å². The number of methoxy groups -OCH3 is 1. The summed E-state index contributed by atoms with van der Waals surface area (Å²) in [5.41, 5.74) is 4.25. The lowest BCUT2D eigenvalue weighted by molar-refractivity contribution is 0.411. The molecule has 0 aliphatic heterocycles. The van der Waals surface area contributed by atoms with E-state index in [2.05, 4.69) is 64.6 Å². The van der Waals surface area contributed by atoms with Crippen LogP contribution in [0.4, 0.5) is 0 Å². The standard InChI is InChI=1S/C18H20BrNO/c1-12(13-7-8-18(21-2)17(19)11-13)20-16-9-14-5-3-4-6-15(14)10-16/h3-8,11-12,16,20H,9-10H2,1-2H3. The molecule has 1 N–H and O–H groups in total. The van der Waals surface area contributed by atoms with E-state index < -0.39 is 0 Å². The van der Waals surface area contributed by atoms with Crippen molar-refractivity contribution in [3.63, 3.8) is 0 Å². The van der Waals surface area contributed by atoms with Crippen LogP contribution in [0.3, 0.4) is 0 Å². The van der Waals surface area contributed by atoms with Gasteiger partial charge in [0.25, 0.3) is 0 Å². The molecule has 1 aliphatic carbocycles. The summed E-state index contributed by atoms with van der Waals surface area (Å²) in [6, 6.07) is 15.9. The second-order valence-corrected chi connectivity index (χ2v) is 6.51. The lowest BCUT2D eigenvalue weighted by atomic mass is 10.1. The minimum Gasteiger partial charge on any atom is -0.496 e. The van der Waals surface area contributed by atoms with Crippen molar-refractivity contribution in [2.24, 2.45) is 0 Å². The maximum Gasteiger partial charge on any atom is 0.133 e. The summed E-state index contributed by atoms with van der Waals surface area (Å²) in [4.78, 5) is 0. The first kappa shape index (κ1) is 14.6. The third kappa shape index (κ3) is 3.14. The van der Waals surface area contributed by atoms with E-state index in [9.17, 15) is 0 Å². The average molecular weight is 346 g/mol. The van der Waals surface area contributed by atoms with Gasteiger partial charge in [0, 0.05) is 12.1 Å². The fourth-order valence-electron chi connectivity index (χ4n) is 3.08. The van der Waals surface area contributed by atoms with Gasteiger partial charge < -0.3 is 10.1 Å². The van der Waals surface area contributed by atoms with E-state index in [1.807, 2.05) is 6.07 Å². The molecule has 3 heteroatoms. The van der Waals surface area contributed by atoms with Gasteiger partial charge in [-0.15, -0.1) is 0 Å². The summed E-state index contributed by atoms with van der Waals surface area (Å²) in [5, 5.41) is 3.75. The minimum absolute atomic E-state index is 0.325. The zero-order valence-electron chi connectivity index (χ0n) is 12.4. The van der Waals surface area contributed by atoms with Crippen molar-refractivity contribution in [1.82, 2.24) is 5.32 Å². The molecule has 0 saturated carbocycles. The molecule has 2 aromatic rings. The van der Waals surface area contributed by atoms with Crippen LogP contribution < -0.4 is 10.1 Å². The fourth-order valence-corrected chi connectivity index (χ4v) is 3.64. The van der Waals surface area contributed by atoms with Crippen LogP contribution >= 0.6 is 15.9 Å². The number of nitrogens with one attached hydrogen (secondary N) is 1. The molecular formula is C18H20BrNO. The van der Waals surface area contributed by atoms with Crippen molar-refractivity contribution in [3.05, 3.63) is 63.6 Å². The second kappa shape index (κ2) is 6.20. The van der Waals surface area contributed by atoms with Crippen molar-refractivity contribution < 1.29 is 4.74 Å². The molecule has 0 amide bonds. The monoisotopic (exact) mass is 345 g/mol. The predicted molar refractivity (Wildman–Crippen MR) is 89.9 cm³/mol. The van der Waals surface area contributed by atoms with E-state index in [-0.39, 0.29) is 0 Å². The summed E-state index contributed by atoms with van der Waals surface area (Å²) in [6.45, 7) is 2.22. The summed E-state index contributed by atoms with van der Waals surface area (Å²) in [7, 11) is 1.69. The van der Waals surface area contributed by atoms with E-state index in [1.54, 1.807) is 7.11 Å². The van der Waals surface area contributed by atoms with Crippen molar-refractivity contribution in [2.75, 3.05) is 7.11 Å². The number of rotatable bonds is 4. The van der Waals surface area contributed by atoms with Gasteiger partial charge in [-0.2, -0.15) is 0 Å². The molecule has 21 heavy (non-hydrogen) atoms. The third-order valence-electron chi connectivity index (χ3n) is 4.21. The molecule has 1 aliphatic rings. The van der Waals surface area contributed by atoms with Crippen LogP contribution in [-0.2, 0) is 12.8 Å². The van der Waals surface area contributed by atoms with Crippen LogP contribution in [-0.4, -0.2) is 13.2 Å². The summed E-state index contributed by atoms with van der Waals surface area (Å²) < 4.78 is 6.29. The number of halogens is 1. The smallest absolute Gasteiger partial charge is 0.133 e. The Morgan fingerprint density at radius 2 is 1.81 bits per heavy atom. The maximum atomic E-state index is 5.29. The van der Waals surface area contributed by atoms with Gasteiger partial charge in [0.1, 0.15) is 5.75 Å². The molecule has 0 heterocycles.